The Morgan fingerprint density at radius 3 is 1.59 bits per heavy atom. The summed E-state index contributed by atoms with van der Waals surface area (Å²) in [5.41, 5.74) is 1.83. The minimum Gasteiger partial charge on any atom is -0.269 e. The molecule has 5 aromatic carbocycles. The Balaban J connectivity index is 1.29. The lowest BCUT2D eigenvalue weighted by Crippen LogP contribution is -2.30. The number of carbonyl (C=O) groups is 2. The molecule has 0 spiro atoms. The highest BCUT2D eigenvalue weighted by Crippen LogP contribution is 2.38. The van der Waals surface area contributed by atoms with Crippen LogP contribution < -0.4 is 4.90 Å². The van der Waals surface area contributed by atoms with Crippen molar-refractivity contribution in [2.45, 2.75) is 64.2 Å². The van der Waals surface area contributed by atoms with E-state index in [0.717, 1.165) is 57.4 Å². The van der Waals surface area contributed by atoms with Crippen molar-refractivity contribution in [3.63, 3.8) is 0 Å². The summed E-state index contributed by atoms with van der Waals surface area (Å²) in [4.78, 5) is 27.2. The second-order valence-electron chi connectivity index (χ2n) is 11.4. The summed E-state index contributed by atoms with van der Waals surface area (Å²) in [5, 5.41) is 10.2. The van der Waals surface area contributed by atoms with E-state index >= 15 is 0 Å². The molecule has 41 heavy (non-hydrogen) atoms. The van der Waals surface area contributed by atoms with Crippen molar-refractivity contribution in [3.05, 3.63) is 90.5 Å². The number of fused-ring (bicyclic) bond motifs is 4. The highest BCUT2D eigenvalue weighted by Gasteiger charge is 2.29. The molecule has 4 heteroatoms. The van der Waals surface area contributed by atoms with Crippen molar-refractivity contribution in [1.29, 1.82) is 0 Å². The van der Waals surface area contributed by atoms with Crippen LogP contribution in [-0.2, 0) is 16.0 Å². The smallest absolute Gasteiger partial charge is 0.258 e. The molecule has 1 aliphatic rings. The van der Waals surface area contributed by atoms with E-state index in [1.54, 1.807) is 0 Å². The van der Waals surface area contributed by atoms with Gasteiger partial charge in [-0.3, -0.25) is 9.59 Å². The predicted molar refractivity (Wildman–Crippen MR) is 177 cm³/mol. The van der Waals surface area contributed by atoms with Crippen LogP contribution in [0.3, 0.4) is 0 Å². The van der Waals surface area contributed by atoms with Crippen molar-refractivity contribution in [1.82, 2.24) is 0 Å². The Hall–Kier alpha value is -3.50. The molecular weight excluding hydrogens is 570 g/mol. The topological polar surface area (TPSA) is 37.4 Å². The first-order chi connectivity index (χ1) is 20.1. The number of benzene rings is 5. The minimum atomic E-state index is -0.256. The monoisotopic (exact) mass is 605 g/mol. The fourth-order valence-electron chi connectivity index (χ4n) is 6.28. The highest BCUT2D eigenvalue weighted by atomic mass is 79.9. The molecule has 1 aliphatic heterocycles. The molecule has 0 radical (unpaired) electrons. The third kappa shape index (κ3) is 5.94. The second kappa shape index (κ2) is 12.6. The number of hydrogen-bond donors (Lipinski definition) is 0. The van der Waals surface area contributed by atoms with Crippen LogP contribution in [0.5, 0.6) is 0 Å². The van der Waals surface area contributed by atoms with Gasteiger partial charge in [-0.2, -0.15) is 0 Å². The SMILES string of the molecule is O=C1C=CC(=O)N1c1c(CCCCCCCCCCCBr)ccc2cc3cc4cc5ccccc5cc4cc3cc12. The van der Waals surface area contributed by atoms with E-state index in [4.69, 9.17) is 0 Å². The highest BCUT2D eigenvalue weighted by molar-refractivity contribution is 9.09. The maximum absolute atomic E-state index is 12.9. The summed E-state index contributed by atoms with van der Waals surface area (Å²) in [6.45, 7) is 0. The normalized spacial score (nSPS) is 13.5. The van der Waals surface area contributed by atoms with Crippen LogP contribution in [0.2, 0.25) is 0 Å². The van der Waals surface area contributed by atoms with Gasteiger partial charge in [-0.05, 0) is 98.9 Å². The van der Waals surface area contributed by atoms with E-state index in [0.29, 0.717) is 0 Å². The summed E-state index contributed by atoms with van der Waals surface area (Å²) >= 11 is 3.51. The zero-order chi connectivity index (χ0) is 28.2. The maximum atomic E-state index is 12.9. The lowest BCUT2D eigenvalue weighted by Gasteiger charge is -2.21. The van der Waals surface area contributed by atoms with E-state index in [1.165, 1.54) is 83.5 Å². The van der Waals surface area contributed by atoms with E-state index < -0.39 is 0 Å². The molecule has 0 aromatic heterocycles. The minimum absolute atomic E-state index is 0.256. The summed E-state index contributed by atoms with van der Waals surface area (Å²) in [6, 6.07) is 26.1. The van der Waals surface area contributed by atoms with Gasteiger partial charge in [0.25, 0.3) is 11.8 Å². The average molecular weight is 607 g/mol. The molecule has 0 bridgehead atoms. The lowest BCUT2D eigenvalue weighted by molar-refractivity contribution is -0.119. The molecule has 2 amide bonds. The average Bonchev–Trinajstić information content (AvgIpc) is 3.31. The Bertz CT molecular complexity index is 1770. The van der Waals surface area contributed by atoms with Crippen LogP contribution in [0.1, 0.15) is 63.4 Å². The Morgan fingerprint density at radius 2 is 1.00 bits per heavy atom. The number of hydrogen-bond acceptors (Lipinski definition) is 2. The van der Waals surface area contributed by atoms with Gasteiger partial charge < -0.3 is 0 Å². The van der Waals surface area contributed by atoms with Gasteiger partial charge in [-0.25, -0.2) is 4.90 Å². The molecule has 5 aromatic rings. The number of unbranched alkanes of at least 4 members (excludes halogenated alkanes) is 8. The molecule has 3 nitrogen and oxygen atoms in total. The summed E-state index contributed by atoms with van der Waals surface area (Å²) in [7, 11) is 0. The van der Waals surface area contributed by atoms with Crippen molar-refractivity contribution in [3.8, 4) is 0 Å². The molecule has 1 heterocycles. The molecule has 0 atom stereocenters. The lowest BCUT2D eigenvalue weighted by atomic mass is 9.94. The quantitative estimate of drug-likeness (QED) is 0.0613. The Kier molecular flexibility index (Phi) is 8.48. The van der Waals surface area contributed by atoms with E-state index in [9.17, 15) is 9.59 Å². The van der Waals surface area contributed by atoms with Gasteiger partial charge in [-0.15, -0.1) is 0 Å². The van der Waals surface area contributed by atoms with Gasteiger partial charge in [0.05, 0.1) is 5.69 Å². The molecule has 0 N–H and O–H groups in total. The van der Waals surface area contributed by atoms with Gasteiger partial charge in [0.1, 0.15) is 0 Å². The van der Waals surface area contributed by atoms with Crippen LogP contribution >= 0.6 is 15.9 Å². The fourth-order valence-corrected chi connectivity index (χ4v) is 6.68. The van der Waals surface area contributed by atoms with Gasteiger partial charge in [0.15, 0.2) is 0 Å². The largest absolute Gasteiger partial charge is 0.269 e. The van der Waals surface area contributed by atoms with Crippen molar-refractivity contribution < 1.29 is 9.59 Å². The first kappa shape index (κ1) is 27.7. The molecule has 208 valence electrons. The van der Waals surface area contributed by atoms with Gasteiger partial charge in [0, 0.05) is 22.9 Å². The van der Waals surface area contributed by atoms with Gasteiger partial charge in [0.2, 0.25) is 0 Å². The van der Waals surface area contributed by atoms with Crippen LogP contribution in [0.25, 0.3) is 43.1 Å². The third-order valence-corrected chi connectivity index (χ3v) is 9.03. The van der Waals surface area contributed by atoms with Crippen molar-refractivity contribution in [2.24, 2.45) is 0 Å². The molecular formula is C37H36BrNO2. The zero-order valence-corrected chi connectivity index (χ0v) is 25.1. The van der Waals surface area contributed by atoms with Crippen molar-refractivity contribution >= 4 is 76.5 Å². The van der Waals surface area contributed by atoms with Gasteiger partial charge >= 0.3 is 0 Å². The molecule has 0 saturated heterocycles. The Labute approximate surface area is 250 Å². The van der Waals surface area contributed by atoms with Gasteiger partial charge in [-0.1, -0.05) is 97.3 Å². The number of halogens is 1. The number of carbonyl (C=O) groups excluding carboxylic acids is 2. The van der Waals surface area contributed by atoms with E-state index in [-0.39, 0.29) is 11.8 Å². The molecule has 0 aliphatic carbocycles. The number of rotatable bonds is 12. The molecule has 0 unspecified atom stereocenters. The second-order valence-corrected chi connectivity index (χ2v) is 12.2. The number of anilines is 1. The summed E-state index contributed by atoms with van der Waals surface area (Å²) in [6.07, 6.45) is 14.9. The van der Waals surface area contributed by atoms with Crippen LogP contribution in [0, 0.1) is 0 Å². The number of aryl methyl sites for hydroxylation is 1. The standard InChI is InChI=1S/C37H36BrNO2/c38-19-11-7-5-3-1-2-4-6-8-12-26-15-16-29-22-32-23-30-20-27-13-9-10-14-28(27)21-31(30)24-33(32)25-34(29)37(26)39-35(40)17-18-36(39)41/h9-10,13-18,20-25H,1-8,11-12,19H2. The third-order valence-electron chi connectivity index (χ3n) is 8.46. The molecule has 6 rings (SSSR count). The van der Waals surface area contributed by atoms with Crippen LogP contribution in [-0.4, -0.2) is 17.1 Å². The predicted octanol–water partition coefficient (Wildman–Crippen LogP) is 10.2. The van der Waals surface area contributed by atoms with E-state index in [1.807, 2.05) is 0 Å². The maximum Gasteiger partial charge on any atom is 0.258 e. The van der Waals surface area contributed by atoms with Crippen molar-refractivity contribution in [2.75, 3.05) is 10.2 Å². The molecule has 0 fully saturated rings. The van der Waals surface area contributed by atoms with Crippen LogP contribution in [0.15, 0.2) is 84.9 Å². The molecule has 0 saturated carbocycles. The Morgan fingerprint density at radius 1 is 0.512 bits per heavy atom. The zero-order valence-electron chi connectivity index (χ0n) is 23.5. The first-order valence-corrected chi connectivity index (χ1v) is 16.2. The van der Waals surface area contributed by atoms with E-state index in [2.05, 4.69) is 88.7 Å². The summed E-state index contributed by atoms with van der Waals surface area (Å²) < 4.78 is 0. The number of nitrogens with zero attached hydrogens (tertiary/aromatic N) is 1. The number of imide groups is 1. The first-order valence-electron chi connectivity index (χ1n) is 15.1. The number of alkyl halides is 1. The fraction of sp³-hybridized carbons (Fsp3) is 0.297. The van der Waals surface area contributed by atoms with Crippen LogP contribution in [0.4, 0.5) is 5.69 Å². The number of amides is 2. The summed E-state index contributed by atoms with van der Waals surface area (Å²) in [5.74, 6) is -0.512.